The lowest BCUT2D eigenvalue weighted by Gasteiger charge is -2.28. The molecule has 1 heterocycles. The van der Waals surface area contributed by atoms with E-state index in [4.69, 9.17) is 5.73 Å². The number of hydrogen-bond donors (Lipinski definition) is 1. The summed E-state index contributed by atoms with van der Waals surface area (Å²) in [6, 6.07) is 0.366. The average molecular weight is 181 g/mol. The van der Waals surface area contributed by atoms with Crippen molar-refractivity contribution >= 4 is 5.69 Å². The predicted molar refractivity (Wildman–Crippen MR) is 55.5 cm³/mol. The van der Waals surface area contributed by atoms with Crippen molar-refractivity contribution in [3.8, 4) is 0 Å². The fourth-order valence-corrected chi connectivity index (χ4v) is 1.19. The van der Waals surface area contributed by atoms with Gasteiger partial charge >= 0.3 is 0 Å². The zero-order valence-corrected chi connectivity index (χ0v) is 9.13. The van der Waals surface area contributed by atoms with E-state index in [1.807, 2.05) is 11.6 Å². The highest BCUT2D eigenvalue weighted by atomic mass is 15.3. The highest BCUT2D eigenvalue weighted by Crippen LogP contribution is 2.31. The molecule has 0 aliphatic rings. The molecule has 1 unspecified atom stereocenters. The molecule has 0 aliphatic heterocycles. The number of rotatable bonds is 1. The third kappa shape index (κ3) is 1.85. The van der Waals surface area contributed by atoms with Gasteiger partial charge in [0.05, 0.1) is 23.6 Å². The van der Waals surface area contributed by atoms with Gasteiger partial charge in [-0.1, -0.05) is 20.8 Å². The number of anilines is 1. The van der Waals surface area contributed by atoms with Crippen LogP contribution in [0.5, 0.6) is 0 Å². The minimum atomic E-state index is 0.212. The first-order valence-corrected chi connectivity index (χ1v) is 4.63. The number of nitrogen functional groups attached to an aromatic ring is 1. The van der Waals surface area contributed by atoms with Crippen molar-refractivity contribution in [3.05, 3.63) is 11.9 Å². The molecule has 0 saturated carbocycles. The van der Waals surface area contributed by atoms with Crippen molar-refractivity contribution in [2.75, 3.05) is 5.73 Å². The van der Waals surface area contributed by atoms with Gasteiger partial charge in [0.2, 0.25) is 0 Å². The van der Waals surface area contributed by atoms with E-state index in [-0.39, 0.29) is 5.41 Å². The van der Waals surface area contributed by atoms with E-state index in [1.165, 1.54) is 0 Å². The van der Waals surface area contributed by atoms with Gasteiger partial charge in [-0.05, 0) is 19.3 Å². The van der Waals surface area contributed by atoms with Crippen LogP contribution >= 0.6 is 0 Å². The first-order valence-electron chi connectivity index (χ1n) is 4.63. The SMILES string of the molecule is Cc1c(N)cnn1C(C)C(C)(C)C. The smallest absolute Gasteiger partial charge is 0.0730 e. The van der Waals surface area contributed by atoms with Crippen molar-refractivity contribution in [3.63, 3.8) is 0 Å². The zero-order chi connectivity index (χ0) is 10.2. The quantitative estimate of drug-likeness (QED) is 0.723. The van der Waals surface area contributed by atoms with Gasteiger partial charge in [0.1, 0.15) is 0 Å². The maximum absolute atomic E-state index is 5.74. The zero-order valence-electron chi connectivity index (χ0n) is 9.13. The first-order chi connectivity index (χ1) is 5.84. The minimum absolute atomic E-state index is 0.212. The molecule has 0 amide bonds. The topological polar surface area (TPSA) is 43.8 Å². The van der Waals surface area contributed by atoms with Crippen LogP contribution in [0, 0.1) is 12.3 Å². The number of aromatic nitrogens is 2. The Bertz CT molecular complexity index is 294. The number of nitrogens with two attached hydrogens (primary N) is 1. The van der Waals surface area contributed by atoms with Gasteiger partial charge in [-0.3, -0.25) is 4.68 Å². The summed E-state index contributed by atoms with van der Waals surface area (Å²) in [7, 11) is 0. The molecule has 3 heteroatoms. The predicted octanol–water partition coefficient (Wildman–Crippen LogP) is 2.38. The molecular formula is C10H19N3. The number of hydrogen-bond acceptors (Lipinski definition) is 2. The van der Waals surface area contributed by atoms with E-state index in [2.05, 4.69) is 32.8 Å². The van der Waals surface area contributed by atoms with Crippen molar-refractivity contribution < 1.29 is 0 Å². The van der Waals surface area contributed by atoms with Crippen LogP contribution < -0.4 is 5.73 Å². The second-order valence-electron chi connectivity index (χ2n) is 4.67. The fraction of sp³-hybridized carbons (Fsp3) is 0.700. The summed E-state index contributed by atoms with van der Waals surface area (Å²) in [6.07, 6.45) is 1.72. The van der Waals surface area contributed by atoms with E-state index >= 15 is 0 Å². The minimum Gasteiger partial charge on any atom is -0.396 e. The Hall–Kier alpha value is -0.990. The molecule has 0 aliphatic carbocycles. The van der Waals surface area contributed by atoms with Crippen LogP contribution in [0.15, 0.2) is 6.20 Å². The third-order valence-corrected chi connectivity index (χ3v) is 2.70. The second kappa shape index (κ2) is 3.05. The molecular weight excluding hydrogens is 162 g/mol. The van der Waals surface area contributed by atoms with Gasteiger partial charge in [0.15, 0.2) is 0 Å². The van der Waals surface area contributed by atoms with Gasteiger partial charge in [-0.15, -0.1) is 0 Å². The standard InChI is InChI=1S/C10H19N3/c1-7-9(11)6-12-13(7)8(2)10(3,4)5/h6,8H,11H2,1-5H3. The summed E-state index contributed by atoms with van der Waals surface area (Å²) in [5.74, 6) is 0. The summed E-state index contributed by atoms with van der Waals surface area (Å²) in [6.45, 7) is 10.8. The summed E-state index contributed by atoms with van der Waals surface area (Å²) < 4.78 is 2.00. The van der Waals surface area contributed by atoms with E-state index in [0.29, 0.717) is 6.04 Å². The van der Waals surface area contributed by atoms with E-state index < -0.39 is 0 Å². The molecule has 1 aromatic heterocycles. The van der Waals surface area contributed by atoms with Crippen LogP contribution in [-0.2, 0) is 0 Å². The van der Waals surface area contributed by atoms with Crippen LogP contribution in [-0.4, -0.2) is 9.78 Å². The molecule has 1 aromatic rings. The molecule has 0 aromatic carbocycles. The Morgan fingerprint density at radius 1 is 1.46 bits per heavy atom. The highest BCUT2D eigenvalue weighted by Gasteiger charge is 2.23. The Kier molecular flexibility index (Phi) is 2.37. The second-order valence-corrected chi connectivity index (χ2v) is 4.67. The van der Waals surface area contributed by atoms with Crippen LogP contribution in [0.4, 0.5) is 5.69 Å². The average Bonchev–Trinajstić information content (AvgIpc) is 2.30. The summed E-state index contributed by atoms with van der Waals surface area (Å²) in [5.41, 5.74) is 7.78. The molecule has 1 atom stereocenters. The monoisotopic (exact) mass is 181 g/mol. The maximum Gasteiger partial charge on any atom is 0.0730 e. The molecule has 13 heavy (non-hydrogen) atoms. The molecule has 2 N–H and O–H groups in total. The van der Waals surface area contributed by atoms with Crippen molar-refractivity contribution in [1.82, 2.24) is 9.78 Å². The largest absolute Gasteiger partial charge is 0.396 e. The van der Waals surface area contributed by atoms with E-state index in [1.54, 1.807) is 6.20 Å². The molecule has 0 spiro atoms. The van der Waals surface area contributed by atoms with Crippen LogP contribution in [0.2, 0.25) is 0 Å². The summed E-state index contributed by atoms with van der Waals surface area (Å²) in [4.78, 5) is 0. The Balaban J connectivity index is 3.02. The van der Waals surface area contributed by atoms with Crippen molar-refractivity contribution in [2.45, 2.75) is 40.7 Å². The van der Waals surface area contributed by atoms with Crippen molar-refractivity contribution in [2.24, 2.45) is 5.41 Å². The summed E-state index contributed by atoms with van der Waals surface area (Å²) in [5, 5.41) is 4.27. The van der Waals surface area contributed by atoms with Crippen molar-refractivity contribution in [1.29, 1.82) is 0 Å². The van der Waals surface area contributed by atoms with Gasteiger partial charge in [-0.25, -0.2) is 0 Å². The lowest BCUT2D eigenvalue weighted by atomic mass is 9.88. The van der Waals surface area contributed by atoms with Gasteiger partial charge in [0, 0.05) is 0 Å². The third-order valence-electron chi connectivity index (χ3n) is 2.70. The molecule has 0 saturated heterocycles. The summed E-state index contributed by atoms with van der Waals surface area (Å²) >= 11 is 0. The van der Waals surface area contributed by atoms with Gasteiger partial charge in [-0.2, -0.15) is 5.10 Å². The Morgan fingerprint density at radius 3 is 2.31 bits per heavy atom. The molecule has 0 fully saturated rings. The molecule has 0 radical (unpaired) electrons. The molecule has 3 nitrogen and oxygen atoms in total. The van der Waals surface area contributed by atoms with Crippen LogP contribution in [0.25, 0.3) is 0 Å². The number of nitrogens with zero attached hydrogens (tertiary/aromatic N) is 2. The maximum atomic E-state index is 5.74. The molecule has 1 rings (SSSR count). The van der Waals surface area contributed by atoms with E-state index in [9.17, 15) is 0 Å². The normalized spacial score (nSPS) is 14.5. The van der Waals surface area contributed by atoms with Gasteiger partial charge < -0.3 is 5.73 Å². The van der Waals surface area contributed by atoms with E-state index in [0.717, 1.165) is 11.4 Å². The molecule has 0 bridgehead atoms. The van der Waals surface area contributed by atoms with Crippen LogP contribution in [0.1, 0.15) is 39.4 Å². The lowest BCUT2D eigenvalue weighted by molar-refractivity contribution is 0.241. The lowest BCUT2D eigenvalue weighted by Crippen LogP contribution is -2.23. The highest BCUT2D eigenvalue weighted by molar-refractivity contribution is 5.39. The Morgan fingerprint density at radius 2 is 2.00 bits per heavy atom. The molecule has 74 valence electrons. The van der Waals surface area contributed by atoms with Crippen LogP contribution in [0.3, 0.4) is 0 Å². The fourth-order valence-electron chi connectivity index (χ4n) is 1.19. The van der Waals surface area contributed by atoms with Gasteiger partial charge in [0.25, 0.3) is 0 Å². The first kappa shape index (κ1) is 10.1. The Labute approximate surface area is 79.9 Å².